The first-order valence-electron chi connectivity index (χ1n) is 4.97. The van der Waals surface area contributed by atoms with Gasteiger partial charge in [-0.2, -0.15) is 0 Å². The van der Waals surface area contributed by atoms with Crippen molar-refractivity contribution in [3.8, 4) is 0 Å². The van der Waals surface area contributed by atoms with Crippen LogP contribution in [-0.2, 0) is 0 Å². The zero-order valence-corrected chi connectivity index (χ0v) is 15.2. The number of hydrogen-bond acceptors (Lipinski definition) is 14. The summed E-state index contributed by atoms with van der Waals surface area (Å²) < 4.78 is 0. The fraction of sp³-hybridized carbons (Fsp3) is 1.00. The molecule has 18 heteroatoms. The molecule has 0 fully saturated rings. The van der Waals surface area contributed by atoms with E-state index < -0.39 is 40.7 Å². The normalized spacial score (nSPS) is 9.75. The van der Waals surface area contributed by atoms with E-state index in [0.29, 0.717) is 0 Å². The molecule has 24 heavy (non-hydrogen) atoms. The molecule has 0 rings (SSSR count). The van der Waals surface area contributed by atoms with Gasteiger partial charge in [-0.15, -0.1) is 0 Å². The molecule has 143 valence electrons. The standard InChI is InChI=1S/C4H10O4.C2H6O.3NO3.Nd/c5-1-3(7)4(8)2-6;1-2-3;3*2-1(3)4;/h3-8H,1-2H2;3H,2H2,1H3;;;;/q;;3*-1;+3/t3-,4+;;;;;. The number of nitrogens with zero attached hydrogens (tertiary/aromatic N) is 3. The molecule has 0 saturated carbocycles. The molecule has 0 aliphatic carbocycles. The van der Waals surface area contributed by atoms with Gasteiger partial charge < -0.3 is 71.5 Å². The minimum atomic E-state index is -1.75. The van der Waals surface area contributed by atoms with Crippen LogP contribution in [-0.4, -0.2) is 72.8 Å². The molecule has 0 amide bonds. The molecule has 0 aliphatic heterocycles. The summed E-state index contributed by atoms with van der Waals surface area (Å²) >= 11 is 0. The van der Waals surface area contributed by atoms with Gasteiger partial charge in [-0.25, -0.2) is 0 Å². The van der Waals surface area contributed by atoms with E-state index in [0.717, 1.165) is 0 Å². The van der Waals surface area contributed by atoms with Gasteiger partial charge in [0, 0.05) is 6.61 Å². The Kier molecular flexibility index (Phi) is 53.4. The van der Waals surface area contributed by atoms with E-state index in [4.69, 9.17) is 71.5 Å². The Morgan fingerprint density at radius 3 is 0.833 bits per heavy atom. The molecule has 1 radical (unpaired) electrons. The molecule has 0 aromatic carbocycles. The zero-order valence-electron chi connectivity index (χ0n) is 12.0. The Bertz CT molecular complexity index is 233. The Morgan fingerprint density at radius 1 is 0.708 bits per heavy atom. The van der Waals surface area contributed by atoms with Crippen LogP contribution in [0.4, 0.5) is 0 Å². The molecule has 0 unspecified atom stereocenters. The molecule has 17 nitrogen and oxygen atoms in total. The van der Waals surface area contributed by atoms with E-state index in [2.05, 4.69) is 0 Å². The van der Waals surface area contributed by atoms with Crippen LogP contribution in [0.3, 0.4) is 0 Å². The minimum Gasteiger partial charge on any atom is -0.397 e. The first-order valence-corrected chi connectivity index (χ1v) is 4.97. The van der Waals surface area contributed by atoms with Gasteiger partial charge in [-0.05, 0) is 6.92 Å². The quantitative estimate of drug-likeness (QED) is 0.191. The van der Waals surface area contributed by atoms with Crippen LogP contribution in [0, 0.1) is 86.8 Å². The van der Waals surface area contributed by atoms with Gasteiger partial charge in [0.15, 0.2) is 0 Å². The Morgan fingerprint density at radius 2 is 0.792 bits per heavy atom. The third-order valence-corrected chi connectivity index (χ3v) is 0.818. The van der Waals surface area contributed by atoms with Crippen molar-refractivity contribution in [2.75, 3.05) is 19.8 Å². The van der Waals surface area contributed by atoms with Crippen LogP contribution < -0.4 is 0 Å². The van der Waals surface area contributed by atoms with Crippen molar-refractivity contribution in [1.82, 2.24) is 0 Å². The summed E-state index contributed by atoms with van der Waals surface area (Å²) in [4.78, 5) is 24.8. The molecular weight excluding hydrogens is 482 g/mol. The maximum absolute atomic E-state index is 8.47. The third-order valence-electron chi connectivity index (χ3n) is 0.818. The fourth-order valence-electron chi connectivity index (χ4n) is 0.243. The molecular formula is C6H16N3NdO14. The number of aliphatic hydroxyl groups is 5. The average Bonchev–Trinajstić information content (AvgIpc) is 2.35. The smallest absolute Gasteiger partial charge is 0.397 e. The first-order chi connectivity index (χ1) is 10.3. The molecule has 0 spiro atoms. The second-order valence-electron chi connectivity index (χ2n) is 2.49. The summed E-state index contributed by atoms with van der Waals surface area (Å²) in [6.45, 7) is 0.878. The predicted molar refractivity (Wildman–Crippen MR) is 70.0 cm³/mol. The van der Waals surface area contributed by atoms with Crippen LogP contribution in [0.1, 0.15) is 6.92 Å². The maximum Gasteiger partial charge on any atom is 3.00 e. The van der Waals surface area contributed by atoms with Crippen LogP contribution in [0.25, 0.3) is 0 Å². The van der Waals surface area contributed by atoms with Gasteiger partial charge in [-0.3, -0.25) is 0 Å². The summed E-state index contributed by atoms with van der Waals surface area (Å²) in [7, 11) is 0. The van der Waals surface area contributed by atoms with Gasteiger partial charge in [0.05, 0.1) is 28.5 Å². The van der Waals surface area contributed by atoms with Crippen molar-refractivity contribution in [1.29, 1.82) is 0 Å². The monoisotopic (exact) mass is 496 g/mol. The van der Waals surface area contributed by atoms with Crippen molar-refractivity contribution < 1.29 is 81.6 Å². The summed E-state index contributed by atoms with van der Waals surface area (Å²) in [5, 5.41) is 85.0. The van der Waals surface area contributed by atoms with E-state index in [-0.39, 0.29) is 47.4 Å². The fourth-order valence-corrected chi connectivity index (χ4v) is 0.243. The van der Waals surface area contributed by atoms with E-state index in [1.165, 1.54) is 0 Å². The topological polar surface area (TPSA) is 300 Å². The summed E-state index contributed by atoms with van der Waals surface area (Å²) in [6, 6.07) is 0. The Balaban J connectivity index is -0.0000000442. The van der Waals surface area contributed by atoms with Gasteiger partial charge in [0.2, 0.25) is 0 Å². The van der Waals surface area contributed by atoms with Crippen molar-refractivity contribution in [2.24, 2.45) is 0 Å². The molecule has 0 aliphatic rings. The first kappa shape index (κ1) is 38.4. The van der Waals surface area contributed by atoms with Gasteiger partial charge in [0.25, 0.3) is 0 Å². The van der Waals surface area contributed by atoms with Gasteiger partial charge >= 0.3 is 40.8 Å². The third kappa shape index (κ3) is 178. The van der Waals surface area contributed by atoms with E-state index >= 15 is 0 Å². The molecule has 0 bridgehead atoms. The van der Waals surface area contributed by atoms with Gasteiger partial charge in [0.1, 0.15) is 12.2 Å². The SMILES string of the molecule is CCO.O=[N+]([O-])[O-].O=[N+]([O-])[O-].O=[N+]([O-])[O-].OC[C@@H](O)[C@@H](O)CO.[Nd+3]. The Hall–Kier alpha value is -1.25. The summed E-state index contributed by atoms with van der Waals surface area (Å²) in [6.07, 6.45) is -2.44. The largest absolute Gasteiger partial charge is 3.00 e. The molecule has 0 aromatic rings. The summed E-state index contributed by atoms with van der Waals surface area (Å²) in [5.41, 5.74) is 0. The summed E-state index contributed by atoms with van der Waals surface area (Å²) in [5.74, 6) is 0. The molecule has 0 heterocycles. The Labute approximate surface area is 166 Å². The van der Waals surface area contributed by atoms with Crippen molar-refractivity contribution >= 4 is 0 Å². The van der Waals surface area contributed by atoms with Crippen molar-refractivity contribution in [2.45, 2.75) is 19.1 Å². The van der Waals surface area contributed by atoms with E-state index in [9.17, 15) is 0 Å². The molecule has 2 atom stereocenters. The molecule has 0 saturated heterocycles. The second kappa shape index (κ2) is 33.4. The van der Waals surface area contributed by atoms with Crippen LogP contribution in [0.2, 0.25) is 0 Å². The van der Waals surface area contributed by atoms with E-state index in [1.807, 2.05) is 0 Å². The zero-order chi connectivity index (χ0) is 20.0. The second-order valence-corrected chi connectivity index (χ2v) is 2.49. The van der Waals surface area contributed by atoms with Crippen LogP contribution >= 0.6 is 0 Å². The predicted octanol–water partition coefficient (Wildman–Crippen LogP) is -3.03. The maximum atomic E-state index is 8.47. The van der Waals surface area contributed by atoms with Crippen molar-refractivity contribution in [3.63, 3.8) is 0 Å². The minimum absolute atomic E-state index is 0. The van der Waals surface area contributed by atoms with Crippen LogP contribution in [0.15, 0.2) is 0 Å². The van der Waals surface area contributed by atoms with E-state index in [1.54, 1.807) is 6.92 Å². The number of rotatable bonds is 3. The molecule has 5 N–H and O–H groups in total. The molecule has 0 aromatic heterocycles. The number of hydrogen-bond donors (Lipinski definition) is 5. The average molecular weight is 498 g/mol. The van der Waals surface area contributed by atoms with Crippen LogP contribution in [0.5, 0.6) is 0 Å². The van der Waals surface area contributed by atoms with Crippen molar-refractivity contribution in [3.05, 3.63) is 46.0 Å². The van der Waals surface area contributed by atoms with Gasteiger partial charge in [-0.1, -0.05) is 0 Å². The number of aliphatic hydroxyl groups excluding tert-OH is 5.